The van der Waals surface area contributed by atoms with Gasteiger partial charge in [-0.1, -0.05) is 39.0 Å². The van der Waals surface area contributed by atoms with Gasteiger partial charge in [-0.2, -0.15) is 0 Å². The van der Waals surface area contributed by atoms with E-state index in [4.69, 9.17) is 13.9 Å². The average molecular weight is 311 g/mol. The Kier molecular flexibility index (Phi) is 6.44. The molecule has 120 valence electrons. The number of rotatable bonds is 7. The maximum absolute atomic E-state index is 6.39. The van der Waals surface area contributed by atoms with Crippen LogP contribution in [0.4, 0.5) is 0 Å². The van der Waals surface area contributed by atoms with Crippen molar-refractivity contribution in [1.29, 1.82) is 0 Å². The van der Waals surface area contributed by atoms with Crippen LogP contribution in [0.5, 0.6) is 5.75 Å². The van der Waals surface area contributed by atoms with E-state index in [1.165, 1.54) is 0 Å². The summed E-state index contributed by atoms with van der Waals surface area (Å²) in [5.41, 5.74) is 1.14. The topological polar surface area (TPSA) is 27.7 Å². The molecule has 0 bridgehead atoms. The van der Waals surface area contributed by atoms with Gasteiger partial charge < -0.3 is 13.9 Å². The maximum atomic E-state index is 6.39. The second-order valence-corrected chi connectivity index (χ2v) is 11.8. The summed E-state index contributed by atoms with van der Waals surface area (Å²) in [6.07, 6.45) is -0.0319. The number of aryl methyl sites for hydroxylation is 1. The van der Waals surface area contributed by atoms with Crippen molar-refractivity contribution in [2.45, 2.75) is 51.9 Å². The van der Waals surface area contributed by atoms with Gasteiger partial charge >= 0.3 is 0 Å². The summed E-state index contributed by atoms with van der Waals surface area (Å²) >= 11 is 0. The summed E-state index contributed by atoms with van der Waals surface area (Å²) in [7, 11) is -0.113. The van der Waals surface area contributed by atoms with Crippen LogP contribution >= 0.6 is 0 Å². The minimum absolute atomic E-state index is 0.0319. The third kappa shape index (κ3) is 5.45. The van der Waals surface area contributed by atoms with Crippen molar-refractivity contribution >= 4 is 8.32 Å². The molecule has 0 heterocycles. The summed E-state index contributed by atoms with van der Waals surface area (Å²) in [6.45, 7) is 14.4. The highest BCUT2D eigenvalue weighted by atomic mass is 28.4. The lowest BCUT2D eigenvalue weighted by Crippen LogP contribution is -2.46. The number of methoxy groups -OCH3 is 1. The van der Waals surface area contributed by atoms with E-state index in [2.05, 4.69) is 46.9 Å². The summed E-state index contributed by atoms with van der Waals surface area (Å²) in [5, 5.41) is 0.182. The highest BCUT2D eigenvalue weighted by Crippen LogP contribution is 2.37. The van der Waals surface area contributed by atoms with Gasteiger partial charge in [0.15, 0.2) is 8.32 Å². The van der Waals surface area contributed by atoms with Gasteiger partial charge in [0.05, 0.1) is 6.61 Å². The van der Waals surface area contributed by atoms with Crippen LogP contribution in [0.25, 0.3) is 0 Å². The Morgan fingerprint density at radius 3 is 2.24 bits per heavy atom. The van der Waals surface area contributed by atoms with Gasteiger partial charge in [-0.05, 0) is 36.7 Å². The largest absolute Gasteiger partial charge is 0.491 e. The van der Waals surface area contributed by atoms with E-state index in [1.54, 1.807) is 7.11 Å². The molecule has 0 fully saturated rings. The SMILES string of the molecule is COCC(COc1ccccc1C)O[Si](C)(C)C(C)(C)C. The van der Waals surface area contributed by atoms with E-state index < -0.39 is 8.32 Å². The fourth-order valence-corrected chi connectivity index (χ4v) is 3.12. The molecule has 0 saturated carbocycles. The first-order chi connectivity index (χ1) is 9.67. The van der Waals surface area contributed by atoms with Crippen molar-refractivity contribution in [3.8, 4) is 5.75 Å². The predicted molar refractivity (Wildman–Crippen MR) is 90.6 cm³/mol. The highest BCUT2D eigenvalue weighted by molar-refractivity contribution is 6.74. The maximum Gasteiger partial charge on any atom is 0.192 e. The average Bonchev–Trinajstić information content (AvgIpc) is 2.36. The van der Waals surface area contributed by atoms with Crippen LogP contribution < -0.4 is 4.74 Å². The molecule has 1 atom stereocenters. The molecule has 0 aliphatic heterocycles. The highest BCUT2D eigenvalue weighted by Gasteiger charge is 2.39. The minimum atomic E-state index is -1.82. The van der Waals surface area contributed by atoms with Crippen molar-refractivity contribution in [2.24, 2.45) is 0 Å². The third-order valence-electron chi connectivity index (χ3n) is 4.14. The Balaban J connectivity index is 2.68. The molecule has 0 amide bonds. The third-order valence-corrected chi connectivity index (χ3v) is 8.67. The summed E-state index contributed by atoms with van der Waals surface area (Å²) < 4.78 is 17.6. The Hall–Kier alpha value is -0.843. The van der Waals surface area contributed by atoms with Crippen molar-refractivity contribution in [1.82, 2.24) is 0 Å². The van der Waals surface area contributed by atoms with E-state index in [9.17, 15) is 0 Å². The van der Waals surface area contributed by atoms with Crippen LogP contribution in [-0.4, -0.2) is 34.7 Å². The second-order valence-electron chi connectivity index (χ2n) is 7.03. The fraction of sp³-hybridized carbons (Fsp3) is 0.647. The lowest BCUT2D eigenvalue weighted by Gasteiger charge is -2.39. The van der Waals surface area contributed by atoms with Gasteiger partial charge in [0.2, 0.25) is 0 Å². The van der Waals surface area contributed by atoms with E-state index >= 15 is 0 Å². The van der Waals surface area contributed by atoms with E-state index in [1.807, 2.05) is 18.2 Å². The molecule has 1 aromatic rings. The smallest absolute Gasteiger partial charge is 0.192 e. The predicted octanol–water partition coefficient (Wildman–Crippen LogP) is 4.41. The Morgan fingerprint density at radius 1 is 1.10 bits per heavy atom. The molecule has 0 radical (unpaired) electrons. The molecule has 0 aliphatic carbocycles. The number of hydrogen-bond donors (Lipinski definition) is 0. The quantitative estimate of drug-likeness (QED) is 0.698. The van der Waals surface area contributed by atoms with Crippen LogP contribution in [0.1, 0.15) is 26.3 Å². The lowest BCUT2D eigenvalue weighted by molar-refractivity contribution is 0.0396. The normalized spacial score (nSPS) is 14.0. The van der Waals surface area contributed by atoms with Crippen LogP contribution in [0.3, 0.4) is 0 Å². The van der Waals surface area contributed by atoms with Crippen molar-refractivity contribution in [2.75, 3.05) is 20.3 Å². The summed E-state index contributed by atoms with van der Waals surface area (Å²) in [4.78, 5) is 0. The molecule has 0 N–H and O–H groups in total. The number of hydrogen-bond acceptors (Lipinski definition) is 3. The van der Waals surface area contributed by atoms with E-state index in [-0.39, 0.29) is 11.1 Å². The molecule has 0 saturated heterocycles. The van der Waals surface area contributed by atoms with Crippen LogP contribution in [0.15, 0.2) is 24.3 Å². The molecule has 4 heteroatoms. The Labute approximate surface area is 130 Å². The molecular formula is C17H30O3Si. The van der Waals surface area contributed by atoms with Gasteiger partial charge in [0.25, 0.3) is 0 Å². The van der Waals surface area contributed by atoms with Gasteiger partial charge in [-0.15, -0.1) is 0 Å². The number of para-hydroxylation sites is 1. The molecular weight excluding hydrogens is 280 g/mol. The zero-order chi connectivity index (χ0) is 16.1. The van der Waals surface area contributed by atoms with Crippen LogP contribution in [0.2, 0.25) is 18.1 Å². The monoisotopic (exact) mass is 310 g/mol. The Bertz CT molecular complexity index is 438. The molecule has 1 rings (SSSR count). The van der Waals surface area contributed by atoms with E-state index in [0.29, 0.717) is 13.2 Å². The molecule has 21 heavy (non-hydrogen) atoms. The molecule has 1 aromatic carbocycles. The minimum Gasteiger partial charge on any atom is -0.491 e. The summed E-state index contributed by atoms with van der Waals surface area (Å²) in [5.74, 6) is 0.914. The van der Waals surface area contributed by atoms with Gasteiger partial charge in [-0.3, -0.25) is 0 Å². The second kappa shape index (κ2) is 7.43. The van der Waals surface area contributed by atoms with E-state index in [0.717, 1.165) is 11.3 Å². The molecule has 0 aromatic heterocycles. The Morgan fingerprint density at radius 2 is 1.71 bits per heavy atom. The van der Waals surface area contributed by atoms with Crippen molar-refractivity contribution in [3.05, 3.63) is 29.8 Å². The zero-order valence-corrected chi connectivity index (χ0v) is 15.5. The first kappa shape index (κ1) is 18.2. The van der Waals surface area contributed by atoms with Crippen molar-refractivity contribution < 1.29 is 13.9 Å². The fourth-order valence-electron chi connectivity index (χ4n) is 1.80. The van der Waals surface area contributed by atoms with Crippen LogP contribution in [-0.2, 0) is 9.16 Å². The molecule has 1 unspecified atom stereocenters. The van der Waals surface area contributed by atoms with Gasteiger partial charge in [-0.25, -0.2) is 0 Å². The van der Waals surface area contributed by atoms with Crippen molar-refractivity contribution in [3.63, 3.8) is 0 Å². The first-order valence-electron chi connectivity index (χ1n) is 7.52. The summed E-state index contributed by atoms with van der Waals surface area (Å²) in [6, 6.07) is 8.05. The first-order valence-corrected chi connectivity index (χ1v) is 10.4. The molecule has 0 spiro atoms. The zero-order valence-electron chi connectivity index (χ0n) is 14.5. The number of ether oxygens (including phenoxy) is 2. The molecule has 0 aliphatic rings. The standard InChI is InChI=1S/C17H30O3Si/c1-14-10-8-9-11-16(14)19-13-15(12-18-5)20-21(6,7)17(2,3)4/h8-11,15H,12-13H2,1-7H3. The molecule has 3 nitrogen and oxygen atoms in total. The van der Waals surface area contributed by atoms with Gasteiger partial charge in [0.1, 0.15) is 18.5 Å². The van der Waals surface area contributed by atoms with Gasteiger partial charge in [0, 0.05) is 7.11 Å². The lowest BCUT2D eigenvalue weighted by atomic mass is 10.2. The number of benzene rings is 1. The van der Waals surface area contributed by atoms with Crippen LogP contribution in [0, 0.1) is 6.92 Å².